The van der Waals surface area contributed by atoms with E-state index in [9.17, 15) is 9.59 Å². The number of ether oxygens (including phenoxy) is 3. The second kappa shape index (κ2) is 10.4. The number of esters is 1. The summed E-state index contributed by atoms with van der Waals surface area (Å²) < 4.78 is 16.2. The van der Waals surface area contributed by atoms with Crippen LogP contribution in [-0.2, 0) is 14.3 Å². The Kier molecular flexibility index (Phi) is 8.18. The summed E-state index contributed by atoms with van der Waals surface area (Å²) in [6.45, 7) is 5.35. The SMILES string of the molecule is COc1cc(/C=C/C(=O)O[C@H](C)C(=O)NC2CCCC2)cc(Cl)c1OC(C)C. The molecule has 1 aliphatic rings. The van der Waals surface area contributed by atoms with Crippen LogP contribution in [0.2, 0.25) is 5.02 Å². The van der Waals surface area contributed by atoms with Crippen molar-refractivity contribution in [2.75, 3.05) is 7.11 Å². The lowest BCUT2D eigenvalue weighted by atomic mass is 10.2. The molecule has 1 amide bonds. The Morgan fingerprint density at radius 2 is 1.89 bits per heavy atom. The Hall–Kier alpha value is -2.21. The first kappa shape index (κ1) is 22.1. The van der Waals surface area contributed by atoms with Gasteiger partial charge in [0.15, 0.2) is 17.6 Å². The number of amides is 1. The molecule has 1 N–H and O–H groups in total. The molecule has 6 nitrogen and oxygen atoms in total. The van der Waals surface area contributed by atoms with Gasteiger partial charge in [0.05, 0.1) is 18.2 Å². The number of hydrogen-bond acceptors (Lipinski definition) is 5. The third-order valence-corrected chi connectivity index (χ3v) is 4.66. The van der Waals surface area contributed by atoms with Gasteiger partial charge >= 0.3 is 5.97 Å². The van der Waals surface area contributed by atoms with Crippen molar-refractivity contribution in [2.45, 2.75) is 64.7 Å². The van der Waals surface area contributed by atoms with Gasteiger partial charge in [-0.2, -0.15) is 0 Å². The lowest BCUT2D eigenvalue weighted by Crippen LogP contribution is -2.40. The summed E-state index contributed by atoms with van der Waals surface area (Å²) in [6.07, 6.45) is 6.10. The highest BCUT2D eigenvalue weighted by Crippen LogP contribution is 2.37. The van der Waals surface area contributed by atoms with Crippen molar-refractivity contribution in [3.8, 4) is 11.5 Å². The largest absolute Gasteiger partial charge is 0.493 e. The monoisotopic (exact) mass is 409 g/mol. The number of carbonyl (C=O) groups excluding carboxylic acids is 2. The molecule has 1 fully saturated rings. The average molecular weight is 410 g/mol. The second-order valence-corrected chi connectivity index (χ2v) is 7.51. The van der Waals surface area contributed by atoms with Crippen LogP contribution >= 0.6 is 11.6 Å². The molecule has 1 aliphatic carbocycles. The molecule has 0 radical (unpaired) electrons. The van der Waals surface area contributed by atoms with Crippen LogP contribution in [0.25, 0.3) is 6.08 Å². The highest BCUT2D eigenvalue weighted by molar-refractivity contribution is 6.32. The van der Waals surface area contributed by atoms with E-state index in [0.717, 1.165) is 25.7 Å². The summed E-state index contributed by atoms with van der Waals surface area (Å²) >= 11 is 6.27. The zero-order valence-electron chi connectivity index (χ0n) is 16.8. The fourth-order valence-corrected chi connectivity index (χ4v) is 3.27. The van der Waals surface area contributed by atoms with Crippen LogP contribution in [0.1, 0.15) is 52.0 Å². The zero-order chi connectivity index (χ0) is 20.7. The third-order valence-electron chi connectivity index (χ3n) is 4.38. The normalized spacial score (nSPS) is 15.6. The minimum absolute atomic E-state index is 0.0559. The van der Waals surface area contributed by atoms with Crippen molar-refractivity contribution < 1.29 is 23.8 Å². The molecule has 2 rings (SSSR count). The Bertz CT molecular complexity index is 726. The van der Waals surface area contributed by atoms with Gasteiger partial charge in [-0.3, -0.25) is 4.79 Å². The predicted octanol–water partition coefficient (Wildman–Crippen LogP) is 4.14. The van der Waals surface area contributed by atoms with Crippen molar-refractivity contribution in [1.82, 2.24) is 5.32 Å². The van der Waals surface area contributed by atoms with Gasteiger partial charge in [-0.05, 0) is 57.4 Å². The van der Waals surface area contributed by atoms with Crippen molar-refractivity contribution >= 4 is 29.6 Å². The summed E-state index contributed by atoms with van der Waals surface area (Å²) in [6, 6.07) is 3.57. The number of methoxy groups -OCH3 is 1. The molecule has 0 bridgehead atoms. The Balaban J connectivity index is 1.97. The summed E-state index contributed by atoms with van der Waals surface area (Å²) in [7, 11) is 1.52. The van der Waals surface area contributed by atoms with Gasteiger partial charge < -0.3 is 19.5 Å². The van der Waals surface area contributed by atoms with E-state index in [1.807, 2.05) is 13.8 Å². The molecule has 0 heterocycles. The van der Waals surface area contributed by atoms with Gasteiger partial charge in [0, 0.05) is 12.1 Å². The van der Waals surface area contributed by atoms with Crippen LogP contribution < -0.4 is 14.8 Å². The lowest BCUT2D eigenvalue weighted by molar-refractivity contribution is -0.150. The summed E-state index contributed by atoms with van der Waals surface area (Å²) in [4.78, 5) is 24.1. The molecule has 7 heteroatoms. The molecule has 0 saturated heterocycles. The van der Waals surface area contributed by atoms with Gasteiger partial charge in [0.2, 0.25) is 0 Å². The molecular weight excluding hydrogens is 382 g/mol. The molecule has 0 spiro atoms. The maximum Gasteiger partial charge on any atom is 0.331 e. The topological polar surface area (TPSA) is 73.9 Å². The van der Waals surface area contributed by atoms with Gasteiger partial charge in [-0.15, -0.1) is 0 Å². The van der Waals surface area contributed by atoms with Crippen LogP contribution in [0.15, 0.2) is 18.2 Å². The fourth-order valence-electron chi connectivity index (χ4n) is 3.01. The Morgan fingerprint density at radius 1 is 1.21 bits per heavy atom. The smallest absolute Gasteiger partial charge is 0.331 e. The molecular formula is C21H28ClNO5. The quantitative estimate of drug-likeness (QED) is 0.516. The first-order valence-electron chi connectivity index (χ1n) is 9.53. The number of hydrogen-bond donors (Lipinski definition) is 1. The minimum Gasteiger partial charge on any atom is -0.493 e. The van der Waals surface area contributed by atoms with Crippen LogP contribution in [0.4, 0.5) is 0 Å². The molecule has 154 valence electrons. The number of carbonyl (C=O) groups is 2. The van der Waals surface area contributed by atoms with Gasteiger partial charge in [0.25, 0.3) is 5.91 Å². The van der Waals surface area contributed by atoms with Gasteiger partial charge in [-0.1, -0.05) is 24.4 Å². The van der Waals surface area contributed by atoms with Crippen LogP contribution in [0.5, 0.6) is 11.5 Å². The second-order valence-electron chi connectivity index (χ2n) is 7.10. The van der Waals surface area contributed by atoms with Crippen LogP contribution in [-0.4, -0.2) is 37.2 Å². The maximum atomic E-state index is 12.1. The van der Waals surface area contributed by atoms with E-state index in [-0.39, 0.29) is 18.1 Å². The summed E-state index contributed by atoms with van der Waals surface area (Å²) in [5, 5.41) is 3.29. The summed E-state index contributed by atoms with van der Waals surface area (Å²) in [5.74, 6) is 0.0508. The van der Waals surface area contributed by atoms with E-state index in [1.165, 1.54) is 13.2 Å². The molecule has 1 atom stereocenters. The number of benzene rings is 1. The van der Waals surface area contributed by atoms with Crippen molar-refractivity contribution in [1.29, 1.82) is 0 Å². The summed E-state index contributed by atoms with van der Waals surface area (Å²) in [5.41, 5.74) is 0.651. The molecule has 28 heavy (non-hydrogen) atoms. The van der Waals surface area contributed by atoms with E-state index < -0.39 is 12.1 Å². The number of halogens is 1. The van der Waals surface area contributed by atoms with E-state index in [4.69, 9.17) is 25.8 Å². The minimum atomic E-state index is -0.849. The maximum absolute atomic E-state index is 12.1. The molecule has 0 unspecified atom stereocenters. The van der Waals surface area contributed by atoms with Crippen molar-refractivity contribution in [3.63, 3.8) is 0 Å². The molecule has 0 aliphatic heterocycles. The predicted molar refractivity (Wildman–Crippen MR) is 109 cm³/mol. The van der Waals surface area contributed by atoms with Gasteiger partial charge in [0.1, 0.15) is 0 Å². The first-order chi connectivity index (χ1) is 13.3. The van der Waals surface area contributed by atoms with E-state index in [1.54, 1.807) is 25.1 Å². The molecule has 1 aromatic carbocycles. The van der Waals surface area contributed by atoms with Crippen LogP contribution in [0, 0.1) is 0 Å². The molecule has 0 aromatic heterocycles. The standard InChI is InChI=1S/C21H28ClNO5/c1-13(2)27-20-17(22)11-15(12-18(20)26-4)9-10-19(24)28-14(3)21(25)23-16-7-5-6-8-16/h9-14,16H,5-8H2,1-4H3,(H,23,25)/b10-9+/t14-/m1/s1. The fraction of sp³-hybridized carbons (Fsp3) is 0.524. The highest BCUT2D eigenvalue weighted by atomic mass is 35.5. The Morgan fingerprint density at radius 3 is 2.50 bits per heavy atom. The number of rotatable bonds is 8. The Labute approximate surface area is 171 Å². The highest BCUT2D eigenvalue weighted by Gasteiger charge is 2.22. The van der Waals surface area contributed by atoms with Crippen LogP contribution in [0.3, 0.4) is 0 Å². The van der Waals surface area contributed by atoms with Gasteiger partial charge in [-0.25, -0.2) is 4.79 Å². The zero-order valence-corrected chi connectivity index (χ0v) is 17.5. The third kappa shape index (κ3) is 6.44. The molecule has 1 saturated carbocycles. The van der Waals surface area contributed by atoms with Crippen molar-refractivity contribution in [3.05, 3.63) is 28.8 Å². The first-order valence-corrected chi connectivity index (χ1v) is 9.91. The van der Waals surface area contributed by atoms with Crippen molar-refractivity contribution in [2.24, 2.45) is 0 Å². The van der Waals surface area contributed by atoms with E-state index in [2.05, 4.69) is 5.32 Å². The number of nitrogens with one attached hydrogen (secondary N) is 1. The van der Waals surface area contributed by atoms with E-state index in [0.29, 0.717) is 22.1 Å². The lowest BCUT2D eigenvalue weighted by Gasteiger charge is -2.16. The molecule has 1 aromatic rings. The average Bonchev–Trinajstić information content (AvgIpc) is 3.14. The van der Waals surface area contributed by atoms with E-state index >= 15 is 0 Å².